The van der Waals surface area contributed by atoms with Crippen molar-refractivity contribution in [1.29, 1.82) is 0 Å². The SMILES string of the molecule is C/C(=N/NC(=O)c1sc2cc(Br)ccc2c1Cl)c1ccccc1. The van der Waals surface area contributed by atoms with Crippen molar-refractivity contribution in [2.24, 2.45) is 5.10 Å². The summed E-state index contributed by atoms with van der Waals surface area (Å²) in [6, 6.07) is 15.4. The van der Waals surface area contributed by atoms with Gasteiger partial charge in [0, 0.05) is 14.6 Å². The summed E-state index contributed by atoms with van der Waals surface area (Å²) in [5, 5.41) is 5.49. The van der Waals surface area contributed by atoms with Crippen LogP contribution in [-0.4, -0.2) is 11.6 Å². The number of nitrogens with one attached hydrogen (secondary N) is 1. The van der Waals surface area contributed by atoms with Crippen molar-refractivity contribution in [3.05, 3.63) is 68.5 Å². The Morgan fingerprint density at radius 3 is 2.70 bits per heavy atom. The van der Waals surface area contributed by atoms with Gasteiger partial charge in [0.1, 0.15) is 4.88 Å². The molecule has 0 atom stereocenters. The number of nitrogens with zero attached hydrogens (tertiary/aromatic N) is 1. The molecular formula is C17H12BrClN2OS. The zero-order valence-electron chi connectivity index (χ0n) is 12.1. The molecule has 0 bridgehead atoms. The van der Waals surface area contributed by atoms with E-state index < -0.39 is 0 Å². The molecule has 1 aromatic heterocycles. The van der Waals surface area contributed by atoms with Crippen molar-refractivity contribution in [3.63, 3.8) is 0 Å². The molecule has 0 aliphatic carbocycles. The van der Waals surface area contributed by atoms with Crippen LogP contribution in [-0.2, 0) is 0 Å². The number of carbonyl (C=O) groups is 1. The molecular weight excluding hydrogens is 396 g/mol. The molecule has 0 radical (unpaired) electrons. The zero-order chi connectivity index (χ0) is 16.4. The Balaban J connectivity index is 1.85. The highest BCUT2D eigenvalue weighted by atomic mass is 79.9. The standard InChI is InChI=1S/C17H12BrClN2OS/c1-10(11-5-3-2-4-6-11)20-21-17(22)16-15(19)13-8-7-12(18)9-14(13)23-16/h2-9H,1H3,(H,21,22)/b20-10-. The van der Waals surface area contributed by atoms with Crippen molar-refractivity contribution in [2.75, 3.05) is 0 Å². The lowest BCUT2D eigenvalue weighted by molar-refractivity contribution is 0.0959. The lowest BCUT2D eigenvalue weighted by Crippen LogP contribution is -2.18. The molecule has 1 amide bonds. The molecule has 116 valence electrons. The fraction of sp³-hybridized carbons (Fsp3) is 0.0588. The minimum atomic E-state index is -0.303. The van der Waals surface area contributed by atoms with Gasteiger partial charge in [0.15, 0.2) is 0 Å². The van der Waals surface area contributed by atoms with E-state index in [1.165, 1.54) is 11.3 Å². The van der Waals surface area contributed by atoms with E-state index in [0.717, 1.165) is 25.8 Å². The van der Waals surface area contributed by atoms with Crippen molar-refractivity contribution in [3.8, 4) is 0 Å². The lowest BCUT2D eigenvalue weighted by Gasteiger charge is -2.02. The molecule has 23 heavy (non-hydrogen) atoms. The zero-order valence-corrected chi connectivity index (χ0v) is 15.3. The number of amides is 1. The minimum absolute atomic E-state index is 0.303. The number of hydrogen-bond acceptors (Lipinski definition) is 3. The highest BCUT2D eigenvalue weighted by Gasteiger charge is 2.17. The second kappa shape index (κ2) is 6.83. The number of rotatable bonds is 3. The molecule has 1 N–H and O–H groups in total. The van der Waals surface area contributed by atoms with Crippen LogP contribution in [0.15, 0.2) is 58.1 Å². The highest BCUT2D eigenvalue weighted by Crippen LogP contribution is 2.36. The van der Waals surface area contributed by atoms with E-state index in [4.69, 9.17) is 11.6 Å². The molecule has 0 aliphatic heterocycles. The van der Waals surface area contributed by atoms with Gasteiger partial charge in [-0.3, -0.25) is 4.79 Å². The number of thiophene rings is 1. The van der Waals surface area contributed by atoms with Crippen LogP contribution >= 0.6 is 38.9 Å². The van der Waals surface area contributed by atoms with E-state index in [9.17, 15) is 4.79 Å². The van der Waals surface area contributed by atoms with Gasteiger partial charge in [0.05, 0.1) is 10.7 Å². The fourth-order valence-electron chi connectivity index (χ4n) is 2.11. The Kier molecular flexibility index (Phi) is 4.80. The minimum Gasteiger partial charge on any atom is -0.266 e. The van der Waals surface area contributed by atoms with Crippen LogP contribution in [0, 0.1) is 0 Å². The van der Waals surface area contributed by atoms with Gasteiger partial charge >= 0.3 is 0 Å². The Hall–Kier alpha value is -1.69. The first-order chi connectivity index (χ1) is 11.1. The maximum atomic E-state index is 12.4. The summed E-state index contributed by atoms with van der Waals surface area (Å²) < 4.78 is 1.91. The van der Waals surface area contributed by atoms with E-state index in [2.05, 4.69) is 26.5 Å². The third-order valence-electron chi connectivity index (χ3n) is 3.31. The second-order valence-electron chi connectivity index (χ2n) is 4.89. The van der Waals surface area contributed by atoms with Crippen molar-refractivity contribution in [2.45, 2.75) is 6.92 Å². The maximum absolute atomic E-state index is 12.4. The summed E-state index contributed by atoms with van der Waals surface area (Å²) in [6.45, 7) is 1.85. The molecule has 3 rings (SSSR count). The van der Waals surface area contributed by atoms with Gasteiger partial charge in [-0.1, -0.05) is 63.9 Å². The Morgan fingerprint density at radius 2 is 1.96 bits per heavy atom. The average Bonchev–Trinajstić information content (AvgIpc) is 2.89. The first-order valence-corrected chi connectivity index (χ1v) is 8.82. The van der Waals surface area contributed by atoms with E-state index in [1.54, 1.807) is 0 Å². The number of hydrazone groups is 1. The molecule has 0 fully saturated rings. The monoisotopic (exact) mass is 406 g/mol. The quantitative estimate of drug-likeness (QED) is 0.454. The van der Waals surface area contributed by atoms with Gasteiger partial charge in [-0.05, 0) is 24.6 Å². The van der Waals surface area contributed by atoms with Crippen LogP contribution in [0.5, 0.6) is 0 Å². The van der Waals surface area contributed by atoms with Gasteiger partial charge in [-0.2, -0.15) is 5.10 Å². The van der Waals surface area contributed by atoms with Gasteiger partial charge in [0.2, 0.25) is 0 Å². The Bertz CT molecular complexity index is 906. The summed E-state index contributed by atoms with van der Waals surface area (Å²) in [4.78, 5) is 12.8. The normalized spacial score (nSPS) is 11.7. The first-order valence-electron chi connectivity index (χ1n) is 6.84. The van der Waals surface area contributed by atoms with E-state index in [-0.39, 0.29) is 5.91 Å². The van der Waals surface area contributed by atoms with Crippen molar-refractivity contribution in [1.82, 2.24) is 5.43 Å². The molecule has 3 nitrogen and oxygen atoms in total. The Labute approximate surface area is 151 Å². The number of hydrogen-bond donors (Lipinski definition) is 1. The summed E-state index contributed by atoms with van der Waals surface area (Å²) in [7, 11) is 0. The fourth-order valence-corrected chi connectivity index (χ4v) is 4.07. The van der Waals surface area contributed by atoms with Crippen molar-refractivity contribution < 1.29 is 4.79 Å². The molecule has 3 aromatic rings. The van der Waals surface area contributed by atoms with Crippen molar-refractivity contribution >= 4 is 60.6 Å². The molecule has 0 unspecified atom stereocenters. The van der Waals surface area contributed by atoms with Crippen LogP contribution in [0.4, 0.5) is 0 Å². The predicted molar refractivity (Wildman–Crippen MR) is 101 cm³/mol. The summed E-state index contributed by atoms with van der Waals surface area (Å²) in [5.41, 5.74) is 4.27. The number of carbonyl (C=O) groups excluding carboxylic acids is 1. The van der Waals surface area contributed by atoms with Gasteiger partial charge in [-0.15, -0.1) is 11.3 Å². The van der Waals surface area contributed by atoms with E-state index in [1.807, 2.05) is 55.5 Å². The molecule has 0 aliphatic rings. The number of fused-ring (bicyclic) bond motifs is 1. The topological polar surface area (TPSA) is 41.5 Å². The van der Waals surface area contributed by atoms with Crippen LogP contribution in [0.2, 0.25) is 5.02 Å². The third-order valence-corrected chi connectivity index (χ3v) is 5.46. The third kappa shape index (κ3) is 3.47. The molecule has 0 saturated heterocycles. The smallest absolute Gasteiger partial charge is 0.266 e. The predicted octanol–water partition coefficient (Wildman–Crippen LogP) is 5.47. The van der Waals surface area contributed by atoms with Crippen LogP contribution in [0.1, 0.15) is 22.2 Å². The molecule has 0 saturated carbocycles. The Morgan fingerprint density at radius 1 is 1.22 bits per heavy atom. The molecule has 2 aromatic carbocycles. The van der Waals surface area contributed by atoms with Gasteiger partial charge < -0.3 is 0 Å². The largest absolute Gasteiger partial charge is 0.283 e. The van der Waals surface area contributed by atoms with Gasteiger partial charge in [-0.25, -0.2) is 5.43 Å². The molecule has 6 heteroatoms. The average molecular weight is 408 g/mol. The number of benzene rings is 2. The van der Waals surface area contributed by atoms with Crippen LogP contribution < -0.4 is 5.43 Å². The second-order valence-corrected chi connectivity index (χ2v) is 7.24. The van der Waals surface area contributed by atoms with E-state index in [0.29, 0.717) is 9.90 Å². The summed E-state index contributed by atoms with van der Waals surface area (Å²) in [5.74, 6) is -0.303. The summed E-state index contributed by atoms with van der Waals surface area (Å²) >= 11 is 11.1. The van der Waals surface area contributed by atoms with Gasteiger partial charge in [0.25, 0.3) is 5.91 Å². The number of halogens is 2. The maximum Gasteiger partial charge on any atom is 0.283 e. The highest BCUT2D eigenvalue weighted by molar-refractivity contribution is 9.10. The summed E-state index contributed by atoms with van der Waals surface area (Å²) in [6.07, 6.45) is 0. The molecule has 1 heterocycles. The van der Waals surface area contributed by atoms with Crippen LogP contribution in [0.3, 0.4) is 0 Å². The molecule has 0 spiro atoms. The lowest BCUT2D eigenvalue weighted by atomic mass is 10.1. The first kappa shape index (κ1) is 16.2. The van der Waals surface area contributed by atoms with E-state index >= 15 is 0 Å². The van der Waals surface area contributed by atoms with Crippen LogP contribution in [0.25, 0.3) is 10.1 Å².